The van der Waals surface area contributed by atoms with Crippen LogP contribution in [0.3, 0.4) is 0 Å². The molecule has 3 unspecified atom stereocenters. The van der Waals surface area contributed by atoms with Crippen LogP contribution in [0.2, 0.25) is 0 Å². The molecule has 1 nitrogen and oxygen atoms in total. The first-order chi connectivity index (χ1) is 5.36. The predicted molar refractivity (Wildman–Crippen MR) is 46.7 cm³/mol. The number of fused-ring (bicyclic) bond motifs is 1. The number of hydrogen-bond acceptors (Lipinski definition) is 0. The molecule has 11 heavy (non-hydrogen) atoms. The van der Waals surface area contributed by atoms with Crippen LogP contribution in [0, 0.1) is 5.92 Å². The molecule has 0 amide bonds. The van der Waals surface area contributed by atoms with Gasteiger partial charge in [-0.1, -0.05) is 6.92 Å². The highest BCUT2D eigenvalue weighted by Crippen LogP contribution is 2.17. The summed E-state index contributed by atoms with van der Waals surface area (Å²) < 4.78 is 0. The molecule has 0 aromatic rings. The lowest BCUT2D eigenvalue weighted by molar-refractivity contribution is -0.936. The second-order valence-electron chi connectivity index (χ2n) is 4.48. The molecule has 0 spiro atoms. The van der Waals surface area contributed by atoms with Crippen LogP contribution in [0.1, 0.15) is 39.0 Å². The summed E-state index contributed by atoms with van der Waals surface area (Å²) in [5, 5.41) is 0. The summed E-state index contributed by atoms with van der Waals surface area (Å²) in [6.45, 7) is 5.36. The van der Waals surface area contributed by atoms with Gasteiger partial charge in [-0.3, -0.25) is 0 Å². The van der Waals surface area contributed by atoms with E-state index in [4.69, 9.17) is 0 Å². The Labute approximate surface area is 69.8 Å². The molecule has 2 rings (SSSR count). The van der Waals surface area contributed by atoms with Crippen molar-refractivity contribution in [1.29, 1.82) is 0 Å². The van der Waals surface area contributed by atoms with Crippen molar-refractivity contribution in [3.63, 3.8) is 0 Å². The fraction of sp³-hybridized carbons (Fsp3) is 1.00. The molecule has 3 atom stereocenters. The normalized spacial score (nSPS) is 45.0. The van der Waals surface area contributed by atoms with E-state index in [0.717, 1.165) is 12.0 Å². The highest BCUT2D eigenvalue weighted by atomic mass is 15.2. The van der Waals surface area contributed by atoms with Gasteiger partial charge in [0, 0.05) is 6.42 Å². The van der Waals surface area contributed by atoms with Gasteiger partial charge >= 0.3 is 0 Å². The topological polar surface area (TPSA) is 4.44 Å². The van der Waals surface area contributed by atoms with Crippen molar-refractivity contribution in [2.24, 2.45) is 5.92 Å². The molecule has 0 aromatic heterocycles. The summed E-state index contributed by atoms with van der Waals surface area (Å²) in [6, 6.07) is 1.05. The summed E-state index contributed by atoms with van der Waals surface area (Å²) in [7, 11) is 0. The number of quaternary nitrogens is 1. The number of nitrogens with one attached hydrogen (secondary N) is 1. The Kier molecular flexibility index (Phi) is 2.17. The van der Waals surface area contributed by atoms with Crippen LogP contribution in [0.5, 0.6) is 0 Å². The average molecular weight is 154 g/mol. The van der Waals surface area contributed by atoms with Gasteiger partial charge in [-0.15, -0.1) is 0 Å². The monoisotopic (exact) mass is 154 g/mol. The molecule has 0 aromatic carbocycles. The third-order valence-corrected chi connectivity index (χ3v) is 3.52. The maximum Gasteiger partial charge on any atom is 0.0877 e. The Hall–Kier alpha value is -0.0400. The smallest absolute Gasteiger partial charge is 0.0877 e. The lowest BCUT2D eigenvalue weighted by Gasteiger charge is -2.38. The first-order valence-electron chi connectivity index (χ1n) is 5.21. The van der Waals surface area contributed by atoms with Gasteiger partial charge in [-0.25, -0.2) is 0 Å². The van der Waals surface area contributed by atoms with E-state index in [1.54, 1.807) is 0 Å². The van der Waals surface area contributed by atoms with Crippen LogP contribution < -0.4 is 4.90 Å². The second-order valence-corrected chi connectivity index (χ2v) is 4.48. The van der Waals surface area contributed by atoms with Gasteiger partial charge in [-0.2, -0.15) is 0 Å². The van der Waals surface area contributed by atoms with Crippen molar-refractivity contribution in [3.8, 4) is 0 Å². The molecule has 1 N–H and O–H groups in total. The SMILES string of the molecule is CC1CC[NH+]2CCCCC2C1. The van der Waals surface area contributed by atoms with E-state index in [1.807, 2.05) is 4.90 Å². The zero-order valence-corrected chi connectivity index (χ0v) is 7.60. The number of piperidine rings is 2. The largest absolute Gasteiger partial charge is 0.332 e. The summed E-state index contributed by atoms with van der Waals surface area (Å²) >= 11 is 0. The molecule has 0 saturated carbocycles. The van der Waals surface area contributed by atoms with Crippen LogP contribution in [-0.4, -0.2) is 19.1 Å². The van der Waals surface area contributed by atoms with Gasteiger partial charge < -0.3 is 4.90 Å². The quantitative estimate of drug-likeness (QED) is 0.528. The van der Waals surface area contributed by atoms with Crippen LogP contribution in [0.15, 0.2) is 0 Å². The van der Waals surface area contributed by atoms with Crippen molar-refractivity contribution in [2.75, 3.05) is 13.1 Å². The van der Waals surface area contributed by atoms with Gasteiger partial charge in [0.25, 0.3) is 0 Å². The van der Waals surface area contributed by atoms with E-state index < -0.39 is 0 Å². The van der Waals surface area contributed by atoms with E-state index in [0.29, 0.717) is 0 Å². The molecular weight excluding hydrogens is 134 g/mol. The third kappa shape index (κ3) is 1.58. The molecule has 2 aliphatic rings. The predicted octanol–water partition coefficient (Wildman–Crippen LogP) is 0.854. The van der Waals surface area contributed by atoms with Crippen molar-refractivity contribution >= 4 is 0 Å². The van der Waals surface area contributed by atoms with Crippen molar-refractivity contribution in [3.05, 3.63) is 0 Å². The molecule has 2 saturated heterocycles. The molecule has 2 heterocycles. The lowest BCUT2D eigenvalue weighted by Crippen LogP contribution is -3.17. The van der Waals surface area contributed by atoms with Gasteiger partial charge in [0.2, 0.25) is 0 Å². The van der Waals surface area contributed by atoms with Crippen molar-refractivity contribution in [2.45, 2.75) is 45.1 Å². The molecule has 0 bridgehead atoms. The summed E-state index contributed by atoms with van der Waals surface area (Å²) in [5.74, 6) is 1.02. The van der Waals surface area contributed by atoms with Gasteiger partial charge in [0.1, 0.15) is 0 Å². The van der Waals surface area contributed by atoms with Gasteiger partial charge in [0.15, 0.2) is 0 Å². The fourth-order valence-electron chi connectivity index (χ4n) is 2.80. The zero-order chi connectivity index (χ0) is 7.68. The minimum atomic E-state index is 1.02. The highest BCUT2D eigenvalue weighted by molar-refractivity contribution is 4.69. The van der Waals surface area contributed by atoms with Gasteiger partial charge in [-0.05, 0) is 31.6 Å². The van der Waals surface area contributed by atoms with Crippen LogP contribution in [0.25, 0.3) is 0 Å². The van der Waals surface area contributed by atoms with E-state index in [9.17, 15) is 0 Å². The Bertz CT molecular complexity index is 133. The van der Waals surface area contributed by atoms with Crippen molar-refractivity contribution in [1.82, 2.24) is 0 Å². The maximum absolute atomic E-state index is 2.42. The fourth-order valence-corrected chi connectivity index (χ4v) is 2.80. The highest BCUT2D eigenvalue weighted by Gasteiger charge is 2.31. The number of hydrogen-bond donors (Lipinski definition) is 1. The molecule has 1 heteroatoms. The van der Waals surface area contributed by atoms with Crippen LogP contribution in [-0.2, 0) is 0 Å². The Balaban J connectivity index is 1.93. The Morgan fingerprint density at radius 3 is 2.91 bits per heavy atom. The minimum absolute atomic E-state index is 1.02. The summed E-state index contributed by atoms with van der Waals surface area (Å²) in [6.07, 6.45) is 7.49. The van der Waals surface area contributed by atoms with Crippen LogP contribution >= 0.6 is 0 Å². The molecule has 0 aliphatic carbocycles. The maximum atomic E-state index is 2.42. The average Bonchev–Trinajstić information content (AvgIpc) is 2.04. The van der Waals surface area contributed by atoms with Crippen LogP contribution in [0.4, 0.5) is 0 Å². The summed E-state index contributed by atoms with van der Waals surface area (Å²) in [4.78, 5) is 1.93. The third-order valence-electron chi connectivity index (χ3n) is 3.52. The summed E-state index contributed by atoms with van der Waals surface area (Å²) in [5.41, 5.74) is 0. The second kappa shape index (κ2) is 3.14. The first-order valence-corrected chi connectivity index (χ1v) is 5.21. The molecule has 2 fully saturated rings. The van der Waals surface area contributed by atoms with Crippen molar-refractivity contribution < 1.29 is 4.90 Å². The Morgan fingerprint density at radius 1 is 1.09 bits per heavy atom. The van der Waals surface area contributed by atoms with E-state index in [1.165, 1.54) is 45.2 Å². The minimum Gasteiger partial charge on any atom is -0.332 e. The molecule has 64 valence electrons. The van der Waals surface area contributed by atoms with E-state index in [2.05, 4.69) is 6.92 Å². The lowest BCUT2D eigenvalue weighted by atomic mass is 9.87. The Morgan fingerprint density at radius 2 is 2.00 bits per heavy atom. The van der Waals surface area contributed by atoms with E-state index in [-0.39, 0.29) is 0 Å². The molecule has 0 radical (unpaired) electrons. The first kappa shape index (κ1) is 7.60. The van der Waals surface area contributed by atoms with Gasteiger partial charge in [0.05, 0.1) is 19.1 Å². The van der Waals surface area contributed by atoms with E-state index >= 15 is 0 Å². The standard InChI is InChI=1S/C10H19N/c1-9-5-7-11-6-3-2-4-10(11)8-9/h9-10H,2-8H2,1H3/p+1. The zero-order valence-electron chi connectivity index (χ0n) is 7.60. The molecule has 2 aliphatic heterocycles. The number of rotatable bonds is 0. The molecular formula is C10H20N+.